The third-order valence-corrected chi connectivity index (χ3v) is 3.51. The average molecular weight is 317 g/mol. The summed E-state index contributed by atoms with van der Waals surface area (Å²) in [6, 6.07) is 17.4. The van der Waals surface area contributed by atoms with Crippen LogP contribution in [0, 0.1) is 5.82 Å². The Morgan fingerprint density at radius 1 is 0.833 bits per heavy atom. The van der Waals surface area contributed by atoms with Crippen LogP contribution in [0.3, 0.4) is 0 Å². The van der Waals surface area contributed by atoms with E-state index in [9.17, 15) is 4.39 Å². The summed E-state index contributed by atoms with van der Waals surface area (Å²) in [5, 5.41) is 0. The van der Waals surface area contributed by atoms with E-state index in [1.165, 1.54) is 12.1 Å². The Morgan fingerprint density at radius 3 is 2.04 bits per heavy atom. The van der Waals surface area contributed by atoms with Crippen molar-refractivity contribution in [3.05, 3.63) is 90.9 Å². The third-order valence-electron chi connectivity index (χ3n) is 3.51. The first-order valence-electron chi connectivity index (χ1n) is 7.49. The molecule has 1 aromatic heterocycles. The minimum Gasteiger partial charge on any atom is -0.457 e. The van der Waals surface area contributed by atoms with Crippen LogP contribution in [0.4, 0.5) is 4.39 Å². The molecule has 0 amide bonds. The van der Waals surface area contributed by atoms with E-state index in [0.717, 1.165) is 22.5 Å². The molecule has 0 fully saturated rings. The Kier molecular flexibility index (Phi) is 4.52. The molecule has 2 nitrogen and oxygen atoms in total. The average Bonchev–Trinajstić information content (AvgIpc) is 2.63. The summed E-state index contributed by atoms with van der Waals surface area (Å²) in [7, 11) is 0. The highest BCUT2D eigenvalue weighted by Gasteiger charge is 2.04. The fourth-order valence-corrected chi connectivity index (χ4v) is 2.28. The van der Waals surface area contributed by atoms with Crippen LogP contribution in [-0.2, 0) is 0 Å². The molecule has 118 valence electrons. The molecule has 3 rings (SSSR count). The molecule has 0 aliphatic carbocycles. The zero-order valence-electron chi connectivity index (χ0n) is 13.1. The van der Waals surface area contributed by atoms with Gasteiger partial charge in [0.2, 0.25) is 0 Å². The van der Waals surface area contributed by atoms with Crippen molar-refractivity contribution in [1.29, 1.82) is 0 Å². The van der Waals surface area contributed by atoms with Crippen LogP contribution in [-0.4, -0.2) is 4.98 Å². The molecular formula is C21H16FNO. The Balaban J connectivity index is 1.85. The van der Waals surface area contributed by atoms with Gasteiger partial charge >= 0.3 is 0 Å². The number of hydrogen-bond donors (Lipinski definition) is 0. The fourth-order valence-electron chi connectivity index (χ4n) is 2.28. The van der Waals surface area contributed by atoms with E-state index < -0.39 is 0 Å². The summed E-state index contributed by atoms with van der Waals surface area (Å²) in [6.45, 7) is 7.56. The van der Waals surface area contributed by atoms with Crippen LogP contribution >= 0.6 is 0 Å². The Hall–Kier alpha value is -3.20. The molecule has 0 unspecified atom stereocenters. The summed E-state index contributed by atoms with van der Waals surface area (Å²) < 4.78 is 18.6. The van der Waals surface area contributed by atoms with Crippen LogP contribution in [0.25, 0.3) is 23.4 Å². The summed E-state index contributed by atoms with van der Waals surface area (Å²) in [6.07, 6.45) is 3.49. The van der Waals surface area contributed by atoms with Crippen LogP contribution in [0.5, 0.6) is 11.5 Å². The van der Waals surface area contributed by atoms with Gasteiger partial charge < -0.3 is 4.74 Å². The lowest BCUT2D eigenvalue weighted by atomic mass is 10.1. The molecule has 0 aliphatic heterocycles. The van der Waals surface area contributed by atoms with Crippen molar-refractivity contribution in [3.63, 3.8) is 0 Å². The van der Waals surface area contributed by atoms with Crippen molar-refractivity contribution in [2.24, 2.45) is 0 Å². The van der Waals surface area contributed by atoms with Crippen LogP contribution in [0.2, 0.25) is 0 Å². The predicted octanol–water partition coefficient (Wildman–Crippen LogP) is 5.97. The number of aromatic nitrogens is 1. The summed E-state index contributed by atoms with van der Waals surface area (Å²) in [4.78, 5) is 4.55. The van der Waals surface area contributed by atoms with E-state index in [0.29, 0.717) is 11.5 Å². The lowest BCUT2D eigenvalue weighted by Gasteiger charge is -2.08. The molecule has 0 aliphatic rings. The zero-order valence-corrected chi connectivity index (χ0v) is 13.1. The minimum atomic E-state index is -0.288. The second-order valence-corrected chi connectivity index (χ2v) is 5.20. The highest BCUT2D eigenvalue weighted by molar-refractivity contribution is 5.66. The van der Waals surface area contributed by atoms with E-state index in [1.54, 1.807) is 24.3 Å². The monoisotopic (exact) mass is 317 g/mol. The lowest BCUT2D eigenvalue weighted by Crippen LogP contribution is -1.90. The molecule has 0 saturated carbocycles. The van der Waals surface area contributed by atoms with Gasteiger partial charge in [0.05, 0.1) is 11.4 Å². The normalized spacial score (nSPS) is 10.2. The SMILES string of the molecule is C=Cc1cc(C=C)nc(-c2ccc(Oc3ccc(F)cc3)cc2)c1. The first-order valence-corrected chi connectivity index (χ1v) is 7.49. The summed E-state index contributed by atoms with van der Waals surface area (Å²) in [5.74, 6) is 0.975. The molecule has 24 heavy (non-hydrogen) atoms. The Labute approximate surface area is 140 Å². The minimum absolute atomic E-state index is 0.288. The van der Waals surface area contributed by atoms with Gasteiger partial charge in [-0.25, -0.2) is 9.37 Å². The third kappa shape index (κ3) is 3.58. The van der Waals surface area contributed by atoms with Crippen LogP contribution in [0.1, 0.15) is 11.3 Å². The largest absolute Gasteiger partial charge is 0.457 e. The number of ether oxygens (including phenoxy) is 1. The Morgan fingerprint density at radius 2 is 1.46 bits per heavy atom. The van der Waals surface area contributed by atoms with Crippen LogP contribution < -0.4 is 4.74 Å². The first-order chi connectivity index (χ1) is 11.7. The van der Waals surface area contributed by atoms with Crippen molar-refractivity contribution in [2.75, 3.05) is 0 Å². The predicted molar refractivity (Wildman–Crippen MR) is 96.3 cm³/mol. The van der Waals surface area contributed by atoms with Gasteiger partial charge in [0.25, 0.3) is 0 Å². The second kappa shape index (κ2) is 6.92. The number of rotatable bonds is 5. The van der Waals surface area contributed by atoms with Gasteiger partial charge in [-0.3, -0.25) is 0 Å². The molecule has 0 saturated heterocycles. The van der Waals surface area contributed by atoms with Gasteiger partial charge in [0.15, 0.2) is 0 Å². The van der Waals surface area contributed by atoms with Gasteiger partial charge in [-0.1, -0.05) is 19.2 Å². The molecule has 0 bridgehead atoms. The molecule has 1 heterocycles. The van der Waals surface area contributed by atoms with Gasteiger partial charge in [-0.05, 0) is 72.3 Å². The maximum Gasteiger partial charge on any atom is 0.127 e. The number of halogens is 1. The molecule has 2 aromatic carbocycles. The fraction of sp³-hybridized carbons (Fsp3) is 0. The molecule has 0 atom stereocenters. The molecule has 0 radical (unpaired) electrons. The van der Waals surface area contributed by atoms with Crippen molar-refractivity contribution >= 4 is 12.2 Å². The van der Waals surface area contributed by atoms with E-state index in [4.69, 9.17) is 4.74 Å². The molecule has 0 N–H and O–H groups in total. The molecular weight excluding hydrogens is 301 g/mol. The van der Waals surface area contributed by atoms with E-state index in [2.05, 4.69) is 18.1 Å². The maximum atomic E-state index is 12.9. The summed E-state index contributed by atoms with van der Waals surface area (Å²) >= 11 is 0. The van der Waals surface area contributed by atoms with Crippen molar-refractivity contribution in [3.8, 4) is 22.8 Å². The smallest absolute Gasteiger partial charge is 0.127 e. The van der Waals surface area contributed by atoms with Crippen molar-refractivity contribution < 1.29 is 9.13 Å². The van der Waals surface area contributed by atoms with Crippen molar-refractivity contribution in [2.45, 2.75) is 0 Å². The Bertz CT molecular complexity index is 841. The van der Waals surface area contributed by atoms with Crippen molar-refractivity contribution in [1.82, 2.24) is 4.98 Å². The van der Waals surface area contributed by atoms with Crippen LogP contribution in [0.15, 0.2) is 73.8 Å². The number of hydrogen-bond acceptors (Lipinski definition) is 2. The van der Waals surface area contributed by atoms with E-state index in [1.807, 2.05) is 36.4 Å². The second-order valence-electron chi connectivity index (χ2n) is 5.20. The summed E-state index contributed by atoms with van der Waals surface area (Å²) in [5.41, 5.74) is 3.60. The standard InChI is InChI=1S/C21H16FNO/c1-3-15-13-18(4-2)23-21(14-15)16-5-9-19(10-6-16)24-20-11-7-17(22)8-12-20/h3-14H,1-2H2. The first kappa shape index (κ1) is 15.7. The number of benzene rings is 2. The topological polar surface area (TPSA) is 22.1 Å². The van der Waals surface area contributed by atoms with Gasteiger partial charge in [0, 0.05) is 5.56 Å². The quantitative estimate of drug-likeness (QED) is 0.578. The van der Waals surface area contributed by atoms with Gasteiger partial charge in [-0.15, -0.1) is 0 Å². The maximum absolute atomic E-state index is 12.9. The number of pyridine rings is 1. The number of nitrogens with zero attached hydrogens (tertiary/aromatic N) is 1. The van der Waals surface area contributed by atoms with E-state index >= 15 is 0 Å². The van der Waals surface area contributed by atoms with Gasteiger partial charge in [0.1, 0.15) is 17.3 Å². The molecule has 0 spiro atoms. The highest BCUT2D eigenvalue weighted by Crippen LogP contribution is 2.26. The molecule has 3 heteroatoms. The lowest BCUT2D eigenvalue weighted by molar-refractivity contribution is 0.480. The molecule has 3 aromatic rings. The van der Waals surface area contributed by atoms with Gasteiger partial charge in [-0.2, -0.15) is 0 Å². The highest BCUT2D eigenvalue weighted by atomic mass is 19.1. The van der Waals surface area contributed by atoms with E-state index in [-0.39, 0.29) is 5.82 Å². The zero-order chi connectivity index (χ0) is 16.9.